The quantitative estimate of drug-likeness (QED) is 0.381. The Balaban J connectivity index is 2.23. The normalized spacial score (nSPS) is 17.0. The number of amides is 1. The zero-order chi connectivity index (χ0) is 12.5. The number of aliphatic imine (C=N–C) groups is 1. The van der Waals surface area contributed by atoms with Crippen molar-refractivity contribution in [3.05, 3.63) is 0 Å². The van der Waals surface area contributed by atoms with Crippen LogP contribution in [0.25, 0.3) is 0 Å². The molecule has 98 valence electrons. The summed E-state index contributed by atoms with van der Waals surface area (Å²) >= 11 is 1.91. The van der Waals surface area contributed by atoms with Crippen molar-refractivity contribution in [2.75, 3.05) is 51.4 Å². The molecule has 0 atom stereocenters. The zero-order valence-corrected chi connectivity index (χ0v) is 11.0. The lowest BCUT2D eigenvalue weighted by molar-refractivity contribution is -0.119. The maximum atomic E-state index is 11.4. The standard InChI is InChI=1S/C10H20N4O2S/c1-16-5-2-12-9(15)8-13-10(11)14-3-6-17-7-4-14/h2-8H2,1H3,(H2,11,13)(H,12,15). The van der Waals surface area contributed by atoms with Gasteiger partial charge in [0.2, 0.25) is 5.91 Å². The van der Waals surface area contributed by atoms with Crippen LogP contribution in [0, 0.1) is 0 Å². The van der Waals surface area contributed by atoms with Crippen LogP contribution >= 0.6 is 11.8 Å². The Morgan fingerprint density at radius 1 is 1.53 bits per heavy atom. The molecular formula is C10H20N4O2S. The van der Waals surface area contributed by atoms with Crippen molar-refractivity contribution in [1.29, 1.82) is 0 Å². The number of nitrogens with two attached hydrogens (primary N) is 1. The first-order valence-corrected chi connectivity index (χ1v) is 6.77. The predicted molar refractivity (Wildman–Crippen MR) is 70.3 cm³/mol. The molecule has 0 bridgehead atoms. The number of thioether (sulfide) groups is 1. The minimum atomic E-state index is -0.128. The molecule has 1 fully saturated rings. The van der Waals surface area contributed by atoms with Crippen molar-refractivity contribution in [1.82, 2.24) is 10.2 Å². The van der Waals surface area contributed by atoms with Crippen LogP contribution < -0.4 is 11.1 Å². The Bertz CT molecular complexity index is 267. The molecule has 1 amide bonds. The number of nitrogens with zero attached hydrogens (tertiary/aromatic N) is 2. The van der Waals surface area contributed by atoms with E-state index in [4.69, 9.17) is 10.5 Å². The molecular weight excluding hydrogens is 240 g/mol. The highest BCUT2D eigenvalue weighted by molar-refractivity contribution is 7.99. The second kappa shape index (κ2) is 8.19. The summed E-state index contributed by atoms with van der Waals surface area (Å²) in [5.41, 5.74) is 5.81. The van der Waals surface area contributed by atoms with Gasteiger partial charge in [0.25, 0.3) is 0 Å². The van der Waals surface area contributed by atoms with Crippen LogP contribution in [0.15, 0.2) is 4.99 Å². The highest BCUT2D eigenvalue weighted by Crippen LogP contribution is 2.08. The predicted octanol–water partition coefficient (Wildman–Crippen LogP) is -0.887. The van der Waals surface area contributed by atoms with Gasteiger partial charge in [-0.3, -0.25) is 4.79 Å². The summed E-state index contributed by atoms with van der Waals surface area (Å²) in [5.74, 6) is 2.47. The van der Waals surface area contributed by atoms with Gasteiger partial charge in [-0.25, -0.2) is 4.99 Å². The van der Waals surface area contributed by atoms with E-state index in [1.165, 1.54) is 0 Å². The van der Waals surface area contributed by atoms with E-state index in [0.29, 0.717) is 19.1 Å². The third-order valence-corrected chi connectivity index (χ3v) is 3.29. The lowest BCUT2D eigenvalue weighted by Crippen LogP contribution is -2.43. The van der Waals surface area contributed by atoms with Crippen molar-refractivity contribution in [3.8, 4) is 0 Å². The van der Waals surface area contributed by atoms with Crippen LogP contribution in [0.1, 0.15) is 0 Å². The number of rotatable bonds is 5. The molecule has 3 N–H and O–H groups in total. The molecule has 17 heavy (non-hydrogen) atoms. The third kappa shape index (κ3) is 5.78. The fraction of sp³-hybridized carbons (Fsp3) is 0.800. The average Bonchev–Trinajstić information content (AvgIpc) is 2.37. The first-order chi connectivity index (χ1) is 8.24. The van der Waals surface area contributed by atoms with Gasteiger partial charge in [0.1, 0.15) is 6.54 Å². The van der Waals surface area contributed by atoms with Crippen molar-refractivity contribution in [3.63, 3.8) is 0 Å². The maximum Gasteiger partial charge on any atom is 0.241 e. The molecule has 0 aromatic rings. The van der Waals surface area contributed by atoms with Crippen molar-refractivity contribution in [2.24, 2.45) is 10.7 Å². The summed E-state index contributed by atoms with van der Waals surface area (Å²) < 4.78 is 4.83. The van der Waals surface area contributed by atoms with Gasteiger partial charge in [-0.05, 0) is 0 Å². The minimum absolute atomic E-state index is 0.0825. The number of methoxy groups -OCH3 is 1. The molecule has 0 spiro atoms. The lowest BCUT2D eigenvalue weighted by Gasteiger charge is -2.27. The van der Waals surface area contributed by atoms with E-state index < -0.39 is 0 Å². The Hall–Kier alpha value is -0.950. The molecule has 0 saturated carbocycles. The molecule has 0 aromatic heterocycles. The van der Waals surface area contributed by atoms with E-state index in [9.17, 15) is 4.79 Å². The SMILES string of the molecule is COCCNC(=O)CN=C(N)N1CCSCC1. The first kappa shape index (κ1) is 14.1. The number of guanidine groups is 1. The molecule has 0 unspecified atom stereocenters. The maximum absolute atomic E-state index is 11.4. The fourth-order valence-corrected chi connectivity index (χ4v) is 2.30. The molecule has 0 aromatic carbocycles. The largest absolute Gasteiger partial charge is 0.383 e. The Kier molecular flexibility index (Phi) is 6.80. The molecule has 1 aliphatic heterocycles. The van der Waals surface area contributed by atoms with E-state index in [2.05, 4.69) is 10.3 Å². The topological polar surface area (TPSA) is 79.9 Å². The van der Waals surface area contributed by atoms with E-state index in [1.807, 2.05) is 16.7 Å². The third-order valence-electron chi connectivity index (χ3n) is 2.35. The smallest absolute Gasteiger partial charge is 0.241 e. The highest BCUT2D eigenvalue weighted by atomic mass is 32.2. The summed E-state index contributed by atoms with van der Waals surface area (Å²) in [6, 6.07) is 0. The van der Waals surface area contributed by atoms with Crippen molar-refractivity contribution >= 4 is 23.6 Å². The van der Waals surface area contributed by atoms with Gasteiger partial charge in [0.05, 0.1) is 6.61 Å². The van der Waals surface area contributed by atoms with Gasteiger partial charge < -0.3 is 20.7 Å². The van der Waals surface area contributed by atoms with Gasteiger partial charge in [0, 0.05) is 38.2 Å². The molecule has 0 aliphatic carbocycles. The summed E-state index contributed by atoms with van der Waals surface area (Å²) in [4.78, 5) is 17.5. The van der Waals surface area contributed by atoms with E-state index in [1.54, 1.807) is 7.11 Å². The second-order valence-corrected chi connectivity index (χ2v) is 4.84. The summed E-state index contributed by atoms with van der Waals surface area (Å²) in [7, 11) is 1.59. The van der Waals surface area contributed by atoms with Gasteiger partial charge in [-0.15, -0.1) is 0 Å². The molecule has 0 radical (unpaired) electrons. The Morgan fingerprint density at radius 3 is 2.88 bits per heavy atom. The number of nitrogens with one attached hydrogen (secondary N) is 1. The van der Waals surface area contributed by atoms with Gasteiger partial charge in [-0.2, -0.15) is 11.8 Å². The van der Waals surface area contributed by atoms with Gasteiger partial charge in [0.15, 0.2) is 5.96 Å². The van der Waals surface area contributed by atoms with Crippen LogP contribution in [-0.4, -0.2) is 68.2 Å². The molecule has 7 heteroatoms. The molecule has 1 heterocycles. The van der Waals surface area contributed by atoms with Crippen LogP contribution in [0.3, 0.4) is 0 Å². The fourth-order valence-electron chi connectivity index (χ4n) is 1.39. The van der Waals surface area contributed by atoms with Crippen LogP contribution in [0.5, 0.6) is 0 Å². The van der Waals surface area contributed by atoms with Crippen molar-refractivity contribution in [2.45, 2.75) is 0 Å². The summed E-state index contributed by atoms with van der Waals surface area (Å²) in [5, 5.41) is 2.69. The zero-order valence-electron chi connectivity index (χ0n) is 10.1. The van der Waals surface area contributed by atoms with E-state index in [-0.39, 0.29) is 12.5 Å². The highest BCUT2D eigenvalue weighted by Gasteiger charge is 2.12. The average molecular weight is 260 g/mol. The van der Waals surface area contributed by atoms with E-state index in [0.717, 1.165) is 24.6 Å². The number of carbonyl (C=O) groups excluding carboxylic acids is 1. The number of hydrogen-bond acceptors (Lipinski definition) is 4. The van der Waals surface area contributed by atoms with Gasteiger partial charge in [-0.1, -0.05) is 0 Å². The van der Waals surface area contributed by atoms with Crippen LogP contribution in [-0.2, 0) is 9.53 Å². The molecule has 6 nitrogen and oxygen atoms in total. The molecule has 1 saturated heterocycles. The van der Waals surface area contributed by atoms with E-state index >= 15 is 0 Å². The number of ether oxygens (including phenoxy) is 1. The molecule has 1 rings (SSSR count). The lowest BCUT2D eigenvalue weighted by atomic mass is 10.5. The van der Waals surface area contributed by atoms with Crippen LogP contribution in [0.4, 0.5) is 0 Å². The second-order valence-electron chi connectivity index (χ2n) is 3.62. The van der Waals surface area contributed by atoms with Gasteiger partial charge >= 0.3 is 0 Å². The Morgan fingerprint density at radius 2 is 2.24 bits per heavy atom. The number of hydrogen-bond donors (Lipinski definition) is 2. The van der Waals surface area contributed by atoms with Crippen LogP contribution in [0.2, 0.25) is 0 Å². The summed E-state index contributed by atoms with van der Waals surface area (Å²) in [6.45, 7) is 2.91. The molecule has 1 aliphatic rings. The Labute approximate surface area is 106 Å². The minimum Gasteiger partial charge on any atom is -0.383 e. The van der Waals surface area contributed by atoms with Crippen molar-refractivity contribution < 1.29 is 9.53 Å². The first-order valence-electron chi connectivity index (χ1n) is 5.62. The summed E-state index contributed by atoms with van der Waals surface area (Å²) in [6.07, 6.45) is 0. The monoisotopic (exact) mass is 260 g/mol. The number of carbonyl (C=O) groups is 1.